The zero-order chi connectivity index (χ0) is 9.52. The topological polar surface area (TPSA) is 31.0 Å². The first-order valence-electron chi connectivity index (χ1n) is 5.19. The smallest absolute Gasteiger partial charge is 0.109 e. The molecule has 0 aromatic rings. The summed E-state index contributed by atoms with van der Waals surface area (Å²) in [5, 5.41) is 0. The van der Waals surface area contributed by atoms with E-state index in [1.54, 1.807) is 0 Å². The van der Waals surface area contributed by atoms with Gasteiger partial charge in [0, 0.05) is 13.2 Å². The molecule has 1 unspecified atom stereocenters. The molecule has 1 aliphatic rings. The van der Waals surface area contributed by atoms with Gasteiger partial charge in [-0.15, -0.1) is 0 Å². The van der Waals surface area contributed by atoms with Crippen molar-refractivity contribution in [1.29, 1.82) is 0 Å². The van der Waals surface area contributed by atoms with Crippen LogP contribution >= 0.6 is 0 Å². The Hall–Kier alpha value is -0.120. The lowest BCUT2D eigenvalue weighted by Gasteiger charge is -2.14. The predicted octanol–water partition coefficient (Wildman–Crippen LogP) is 1.61. The third-order valence-electron chi connectivity index (χ3n) is 2.08. The van der Waals surface area contributed by atoms with Crippen LogP contribution < -0.4 is 0 Å². The lowest BCUT2D eigenvalue weighted by Crippen LogP contribution is -2.26. The first-order chi connectivity index (χ1) is 6.38. The third kappa shape index (κ3) is 4.60. The van der Waals surface area contributed by atoms with E-state index in [4.69, 9.17) is 14.2 Å². The van der Waals surface area contributed by atoms with Crippen molar-refractivity contribution in [3.63, 3.8) is 0 Å². The molecule has 13 heavy (non-hydrogen) atoms. The molecule has 0 radical (unpaired) electrons. The number of hydrogen-bond acceptors (Lipinski definition) is 3. The zero-order valence-electron chi connectivity index (χ0n) is 8.62. The molecule has 3 nitrogen and oxygen atoms in total. The van der Waals surface area contributed by atoms with Crippen LogP contribution in [0, 0.1) is 0 Å². The van der Waals surface area contributed by atoms with Gasteiger partial charge in [-0.25, -0.2) is 0 Å². The van der Waals surface area contributed by atoms with Gasteiger partial charge in [-0.1, -0.05) is 13.3 Å². The van der Waals surface area contributed by atoms with Crippen molar-refractivity contribution in [2.24, 2.45) is 0 Å². The van der Waals surface area contributed by atoms with E-state index in [1.165, 1.54) is 6.42 Å². The number of ether oxygens (including phenoxy) is 3. The average molecular weight is 188 g/mol. The van der Waals surface area contributed by atoms with Gasteiger partial charge in [0.2, 0.25) is 0 Å². The Morgan fingerprint density at radius 2 is 2.23 bits per heavy atom. The molecule has 0 N–H and O–H groups in total. The van der Waals surface area contributed by atoms with Crippen molar-refractivity contribution >= 4 is 0 Å². The van der Waals surface area contributed by atoms with E-state index >= 15 is 0 Å². The normalized spacial score (nSPS) is 23.1. The molecule has 1 fully saturated rings. The van der Waals surface area contributed by atoms with Gasteiger partial charge in [-0.3, -0.25) is 0 Å². The highest BCUT2D eigenvalue weighted by atomic mass is 16.6. The van der Waals surface area contributed by atoms with Crippen LogP contribution in [-0.4, -0.2) is 38.6 Å². The summed E-state index contributed by atoms with van der Waals surface area (Å²) in [7, 11) is 0. The Kier molecular flexibility index (Phi) is 5.35. The van der Waals surface area contributed by atoms with Gasteiger partial charge in [0.05, 0.1) is 13.2 Å². The largest absolute Gasteiger partial charge is 0.379 e. The van der Waals surface area contributed by atoms with Crippen molar-refractivity contribution in [3.8, 4) is 0 Å². The first-order valence-corrected chi connectivity index (χ1v) is 5.19. The van der Waals surface area contributed by atoms with E-state index < -0.39 is 0 Å². The Morgan fingerprint density at radius 1 is 1.46 bits per heavy atom. The zero-order valence-corrected chi connectivity index (χ0v) is 8.62. The van der Waals surface area contributed by atoms with Gasteiger partial charge in [-0.2, -0.15) is 0 Å². The molecule has 0 saturated carbocycles. The highest BCUT2D eigenvalue weighted by Gasteiger charge is 2.33. The maximum Gasteiger partial charge on any atom is 0.109 e. The van der Waals surface area contributed by atoms with Crippen molar-refractivity contribution in [2.75, 3.05) is 26.4 Å². The molecular formula is C10H20O3. The van der Waals surface area contributed by atoms with E-state index in [-0.39, 0.29) is 6.10 Å². The van der Waals surface area contributed by atoms with Gasteiger partial charge >= 0.3 is 0 Å². The molecule has 3 heteroatoms. The van der Waals surface area contributed by atoms with Gasteiger partial charge in [0.25, 0.3) is 0 Å². The SMILES string of the molecule is CCCCOC[C@H](OCC)C1CO1. The van der Waals surface area contributed by atoms with Crippen LogP contribution in [-0.2, 0) is 14.2 Å². The summed E-state index contributed by atoms with van der Waals surface area (Å²) in [6.45, 7) is 7.25. The van der Waals surface area contributed by atoms with Gasteiger partial charge < -0.3 is 14.2 Å². The van der Waals surface area contributed by atoms with E-state index in [2.05, 4.69) is 6.92 Å². The molecule has 0 aromatic carbocycles. The van der Waals surface area contributed by atoms with Crippen LogP contribution in [0.25, 0.3) is 0 Å². The Balaban J connectivity index is 2.00. The molecule has 2 atom stereocenters. The van der Waals surface area contributed by atoms with Crippen LogP contribution in [0.3, 0.4) is 0 Å². The predicted molar refractivity (Wildman–Crippen MR) is 50.9 cm³/mol. The summed E-state index contributed by atoms with van der Waals surface area (Å²) in [5.74, 6) is 0. The number of epoxide rings is 1. The van der Waals surface area contributed by atoms with Crippen molar-refractivity contribution in [3.05, 3.63) is 0 Å². The van der Waals surface area contributed by atoms with E-state index in [0.717, 1.165) is 26.2 Å². The molecule has 1 saturated heterocycles. The summed E-state index contributed by atoms with van der Waals surface area (Å²) in [6.07, 6.45) is 2.76. The number of hydrogen-bond donors (Lipinski definition) is 0. The van der Waals surface area contributed by atoms with Crippen LogP contribution in [0.4, 0.5) is 0 Å². The third-order valence-corrected chi connectivity index (χ3v) is 2.08. The fourth-order valence-corrected chi connectivity index (χ4v) is 1.19. The minimum atomic E-state index is 0.154. The molecule has 1 heterocycles. The summed E-state index contributed by atoms with van der Waals surface area (Å²) in [5.41, 5.74) is 0. The standard InChI is InChI=1S/C10H20O3/c1-3-5-6-11-7-9(12-4-2)10-8-13-10/h9-10H,3-8H2,1-2H3/t9-,10?/m0/s1. The highest BCUT2D eigenvalue weighted by molar-refractivity contribution is 4.79. The van der Waals surface area contributed by atoms with E-state index in [0.29, 0.717) is 12.7 Å². The second-order valence-electron chi connectivity index (χ2n) is 3.29. The molecule has 0 spiro atoms. The fraction of sp³-hybridized carbons (Fsp3) is 1.00. The van der Waals surface area contributed by atoms with Gasteiger partial charge in [0.1, 0.15) is 12.2 Å². The van der Waals surface area contributed by atoms with E-state index in [1.807, 2.05) is 6.92 Å². The van der Waals surface area contributed by atoms with Crippen LogP contribution in [0.2, 0.25) is 0 Å². The number of unbranched alkanes of at least 4 members (excludes halogenated alkanes) is 1. The lowest BCUT2D eigenvalue weighted by molar-refractivity contribution is -0.0252. The molecular weight excluding hydrogens is 168 g/mol. The molecule has 0 amide bonds. The molecule has 0 bridgehead atoms. The summed E-state index contributed by atoms with van der Waals surface area (Å²) < 4.78 is 16.2. The Morgan fingerprint density at radius 3 is 2.77 bits per heavy atom. The molecule has 0 aliphatic carbocycles. The molecule has 1 rings (SSSR count). The van der Waals surface area contributed by atoms with Crippen molar-refractivity contribution < 1.29 is 14.2 Å². The Bertz CT molecular complexity index is 123. The fourth-order valence-electron chi connectivity index (χ4n) is 1.19. The van der Waals surface area contributed by atoms with Gasteiger partial charge in [-0.05, 0) is 13.3 Å². The monoisotopic (exact) mass is 188 g/mol. The second kappa shape index (κ2) is 6.35. The first kappa shape index (κ1) is 11.0. The maximum absolute atomic E-state index is 5.50. The van der Waals surface area contributed by atoms with Crippen LogP contribution in [0.15, 0.2) is 0 Å². The molecule has 78 valence electrons. The lowest BCUT2D eigenvalue weighted by atomic mass is 10.3. The quantitative estimate of drug-likeness (QED) is 0.428. The Labute approximate surface area is 80.4 Å². The van der Waals surface area contributed by atoms with Gasteiger partial charge in [0.15, 0.2) is 0 Å². The molecule has 1 aliphatic heterocycles. The summed E-state index contributed by atoms with van der Waals surface area (Å²) in [6, 6.07) is 0. The highest BCUT2D eigenvalue weighted by Crippen LogP contribution is 2.17. The maximum atomic E-state index is 5.50. The van der Waals surface area contributed by atoms with Crippen molar-refractivity contribution in [2.45, 2.75) is 38.9 Å². The average Bonchev–Trinajstić information content (AvgIpc) is 2.93. The minimum absolute atomic E-state index is 0.154. The second-order valence-corrected chi connectivity index (χ2v) is 3.29. The summed E-state index contributed by atoms with van der Waals surface area (Å²) >= 11 is 0. The minimum Gasteiger partial charge on any atom is -0.379 e. The van der Waals surface area contributed by atoms with Crippen LogP contribution in [0.5, 0.6) is 0 Å². The van der Waals surface area contributed by atoms with Crippen molar-refractivity contribution in [1.82, 2.24) is 0 Å². The van der Waals surface area contributed by atoms with E-state index in [9.17, 15) is 0 Å². The number of rotatable bonds is 8. The molecule has 0 aromatic heterocycles. The van der Waals surface area contributed by atoms with Crippen LogP contribution in [0.1, 0.15) is 26.7 Å². The summed E-state index contributed by atoms with van der Waals surface area (Å²) in [4.78, 5) is 0.